The van der Waals surface area contributed by atoms with Gasteiger partial charge in [-0.25, -0.2) is 0 Å². The van der Waals surface area contributed by atoms with E-state index in [2.05, 4.69) is 63.2 Å². The normalized spacial score (nSPS) is 12.4. The van der Waals surface area contributed by atoms with Gasteiger partial charge in [-0.15, -0.1) is 11.6 Å². The Bertz CT molecular complexity index is 520. The first-order valence-corrected chi connectivity index (χ1v) is 7.36. The van der Waals surface area contributed by atoms with Crippen molar-refractivity contribution in [2.24, 2.45) is 0 Å². The van der Waals surface area contributed by atoms with Gasteiger partial charge in [-0.1, -0.05) is 55.8 Å². The van der Waals surface area contributed by atoms with E-state index in [0.717, 1.165) is 6.42 Å². The van der Waals surface area contributed by atoms with Crippen LogP contribution in [0.25, 0.3) is 0 Å². The van der Waals surface area contributed by atoms with Crippen molar-refractivity contribution in [3.05, 3.63) is 70.3 Å². The highest BCUT2D eigenvalue weighted by Crippen LogP contribution is 2.33. The van der Waals surface area contributed by atoms with Gasteiger partial charge in [0.25, 0.3) is 0 Å². The fourth-order valence-corrected chi connectivity index (χ4v) is 3.03. The second-order valence-corrected chi connectivity index (χ2v) is 5.60. The summed E-state index contributed by atoms with van der Waals surface area (Å²) in [6, 6.07) is 15.1. The summed E-state index contributed by atoms with van der Waals surface area (Å²) in [5.74, 6) is 0. The van der Waals surface area contributed by atoms with Crippen molar-refractivity contribution in [2.75, 3.05) is 0 Å². The summed E-state index contributed by atoms with van der Waals surface area (Å²) < 4.78 is 0. The standard InChI is InChI=1S/C18H21Cl/c1-4-6-15-9-11-16(12-10-15)18(19)17-13(2)7-5-8-14(17)3/h5,7-12,18H,4,6H2,1-3H3. The summed E-state index contributed by atoms with van der Waals surface area (Å²) in [5.41, 5.74) is 6.33. The number of benzene rings is 2. The second-order valence-electron chi connectivity index (χ2n) is 5.16. The lowest BCUT2D eigenvalue weighted by Crippen LogP contribution is -1.99. The van der Waals surface area contributed by atoms with Gasteiger partial charge in [0.1, 0.15) is 0 Å². The molecule has 0 fully saturated rings. The third-order valence-corrected chi connectivity index (χ3v) is 4.08. The molecule has 1 unspecified atom stereocenters. The third-order valence-electron chi connectivity index (χ3n) is 3.61. The summed E-state index contributed by atoms with van der Waals surface area (Å²) in [5, 5.41) is -0.0584. The predicted molar refractivity (Wildman–Crippen MR) is 84.0 cm³/mol. The van der Waals surface area contributed by atoms with Gasteiger partial charge in [-0.3, -0.25) is 0 Å². The quantitative estimate of drug-likeness (QED) is 0.637. The van der Waals surface area contributed by atoms with E-state index in [0.29, 0.717) is 0 Å². The van der Waals surface area contributed by atoms with Crippen molar-refractivity contribution in [1.29, 1.82) is 0 Å². The van der Waals surface area contributed by atoms with E-state index in [1.807, 2.05) is 0 Å². The first-order chi connectivity index (χ1) is 9.13. The molecule has 0 heterocycles. The highest BCUT2D eigenvalue weighted by atomic mass is 35.5. The van der Waals surface area contributed by atoms with Crippen molar-refractivity contribution in [2.45, 2.75) is 39.0 Å². The van der Waals surface area contributed by atoms with Crippen LogP contribution in [0.3, 0.4) is 0 Å². The van der Waals surface area contributed by atoms with Gasteiger partial charge in [0.2, 0.25) is 0 Å². The van der Waals surface area contributed by atoms with Crippen LogP contribution in [-0.4, -0.2) is 0 Å². The first kappa shape index (κ1) is 14.1. The SMILES string of the molecule is CCCc1ccc(C(Cl)c2c(C)cccc2C)cc1. The van der Waals surface area contributed by atoms with Crippen LogP contribution in [-0.2, 0) is 6.42 Å². The summed E-state index contributed by atoms with van der Waals surface area (Å²) in [6.45, 7) is 6.46. The number of alkyl halides is 1. The van der Waals surface area contributed by atoms with E-state index in [-0.39, 0.29) is 5.38 Å². The number of halogens is 1. The van der Waals surface area contributed by atoms with Crippen LogP contribution in [0.4, 0.5) is 0 Å². The highest BCUT2D eigenvalue weighted by molar-refractivity contribution is 6.22. The Morgan fingerprint density at radius 3 is 2.05 bits per heavy atom. The van der Waals surface area contributed by atoms with Crippen LogP contribution < -0.4 is 0 Å². The van der Waals surface area contributed by atoms with E-state index in [4.69, 9.17) is 11.6 Å². The minimum atomic E-state index is -0.0584. The number of hydrogen-bond donors (Lipinski definition) is 0. The van der Waals surface area contributed by atoms with Gasteiger partial charge in [0, 0.05) is 0 Å². The second kappa shape index (κ2) is 6.25. The molecule has 0 nitrogen and oxygen atoms in total. The lowest BCUT2D eigenvalue weighted by atomic mass is 9.95. The van der Waals surface area contributed by atoms with Crippen molar-refractivity contribution in [1.82, 2.24) is 0 Å². The molecule has 1 heteroatoms. The lowest BCUT2D eigenvalue weighted by Gasteiger charge is -2.16. The number of rotatable bonds is 4. The van der Waals surface area contributed by atoms with Crippen LogP contribution in [0.15, 0.2) is 42.5 Å². The van der Waals surface area contributed by atoms with Gasteiger partial charge in [-0.05, 0) is 48.1 Å². The number of hydrogen-bond acceptors (Lipinski definition) is 0. The molecule has 19 heavy (non-hydrogen) atoms. The Balaban J connectivity index is 2.31. The van der Waals surface area contributed by atoms with Crippen molar-refractivity contribution in [3.63, 3.8) is 0 Å². The average molecular weight is 273 g/mol. The molecule has 0 aromatic heterocycles. The van der Waals surface area contributed by atoms with Gasteiger partial charge in [-0.2, -0.15) is 0 Å². The van der Waals surface area contributed by atoms with Gasteiger partial charge < -0.3 is 0 Å². The molecule has 0 saturated carbocycles. The summed E-state index contributed by atoms with van der Waals surface area (Å²) in [4.78, 5) is 0. The monoisotopic (exact) mass is 272 g/mol. The Kier molecular flexibility index (Phi) is 4.66. The maximum absolute atomic E-state index is 6.67. The maximum atomic E-state index is 6.67. The number of aryl methyl sites for hydroxylation is 3. The molecule has 1 atom stereocenters. The Labute approximate surface area is 121 Å². The molecule has 0 saturated heterocycles. The summed E-state index contributed by atoms with van der Waals surface area (Å²) in [7, 11) is 0. The summed E-state index contributed by atoms with van der Waals surface area (Å²) >= 11 is 6.67. The topological polar surface area (TPSA) is 0 Å². The Morgan fingerprint density at radius 2 is 1.53 bits per heavy atom. The van der Waals surface area contributed by atoms with Crippen molar-refractivity contribution >= 4 is 11.6 Å². The first-order valence-electron chi connectivity index (χ1n) is 6.92. The van der Waals surface area contributed by atoms with Crippen molar-refractivity contribution < 1.29 is 0 Å². The zero-order chi connectivity index (χ0) is 13.8. The van der Waals surface area contributed by atoms with Crippen LogP contribution in [0.1, 0.15) is 46.5 Å². The summed E-state index contributed by atoms with van der Waals surface area (Å²) in [6.07, 6.45) is 2.32. The van der Waals surface area contributed by atoms with Gasteiger partial charge in [0.05, 0.1) is 5.38 Å². The molecule has 2 aromatic carbocycles. The Hall–Kier alpha value is -1.27. The molecule has 0 aliphatic rings. The largest absolute Gasteiger partial charge is 0.113 e. The molecule has 0 spiro atoms. The Morgan fingerprint density at radius 1 is 0.947 bits per heavy atom. The minimum absolute atomic E-state index is 0.0584. The zero-order valence-electron chi connectivity index (χ0n) is 11.9. The molecule has 0 amide bonds. The fraction of sp³-hybridized carbons (Fsp3) is 0.333. The molecule has 2 rings (SSSR count). The molecular weight excluding hydrogens is 252 g/mol. The van der Waals surface area contributed by atoms with Crippen molar-refractivity contribution in [3.8, 4) is 0 Å². The fourth-order valence-electron chi connectivity index (χ4n) is 2.54. The molecule has 0 radical (unpaired) electrons. The van der Waals surface area contributed by atoms with E-state index < -0.39 is 0 Å². The van der Waals surface area contributed by atoms with E-state index in [1.54, 1.807) is 0 Å². The third kappa shape index (κ3) is 3.19. The zero-order valence-corrected chi connectivity index (χ0v) is 12.7. The van der Waals surface area contributed by atoms with Crippen LogP contribution >= 0.6 is 11.6 Å². The average Bonchev–Trinajstić information content (AvgIpc) is 2.39. The molecule has 0 bridgehead atoms. The van der Waals surface area contributed by atoms with Crippen LogP contribution in [0.2, 0.25) is 0 Å². The highest BCUT2D eigenvalue weighted by Gasteiger charge is 2.15. The minimum Gasteiger partial charge on any atom is -0.113 e. The molecule has 0 N–H and O–H groups in total. The van der Waals surface area contributed by atoms with E-state index in [1.165, 1.54) is 34.2 Å². The molecule has 2 aromatic rings. The van der Waals surface area contributed by atoms with Gasteiger partial charge in [0.15, 0.2) is 0 Å². The lowest BCUT2D eigenvalue weighted by molar-refractivity contribution is 0.919. The van der Waals surface area contributed by atoms with Crippen LogP contribution in [0.5, 0.6) is 0 Å². The molecular formula is C18H21Cl. The molecule has 0 aliphatic carbocycles. The van der Waals surface area contributed by atoms with Gasteiger partial charge >= 0.3 is 0 Å². The van der Waals surface area contributed by atoms with E-state index in [9.17, 15) is 0 Å². The molecule has 0 aliphatic heterocycles. The molecule has 100 valence electrons. The smallest absolute Gasteiger partial charge is 0.0840 e. The maximum Gasteiger partial charge on any atom is 0.0840 e. The van der Waals surface area contributed by atoms with Crippen LogP contribution in [0, 0.1) is 13.8 Å². The van der Waals surface area contributed by atoms with E-state index >= 15 is 0 Å². The predicted octanol–water partition coefficient (Wildman–Crippen LogP) is 5.58.